The summed E-state index contributed by atoms with van der Waals surface area (Å²) in [4.78, 5) is 31.7. The number of fused-ring (bicyclic) bond motifs is 2. The first kappa shape index (κ1) is 25.2. The van der Waals surface area contributed by atoms with E-state index in [1.165, 1.54) is 50.8 Å². The first-order valence-corrected chi connectivity index (χ1v) is 11.4. The summed E-state index contributed by atoms with van der Waals surface area (Å²) in [5, 5.41) is 0. The van der Waals surface area contributed by atoms with Crippen molar-refractivity contribution in [1.29, 1.82) is 0 Å². The minimum absolute atomic E-state index is 0.167. The number of hydrogen-bond donors (Lipinski definition) is 0. The summed E-state index contributed by atoms with van der Waals surface area (Å²) >= 11 is 0. The first-order valence-electron chi connectivity index (χ1n) is 11.4. The van der Waals surface area contributed by atoms with Gasteiger partial charge in [0.25, 0.3) is 0 Å². The number of aldehydes is 1. The Morgan fingerprint density at radius 2 is 1.69 bits per heavy atom. The van der Waals surface area contributed by atoms with E-state index in [4.69, 9.17) is 0 Å². The van der Waals surface area contributed by atoms with E-state index < -0.39 is 0 Å². The number of benzene rings is 2. The summed E-state index contributed by atoms with van der Waals surface area (Å²) in [6, 6.07) is 10.1. The molecule has 4 rings (SSSR count). The highest BCUT2D eigenvalue weighted by Gasteiger charge is 2.17. The van der Waals surface area contributed by atoms with Gasteiger partial charge in [-0.3, -0.25) is 14.8 Å². The molecule has 0 N–H and O–H groups in total. The number of likely N-dealkylation sites (N-methyl/N-ethyl adjacent to an activating group) is 1. The van der Waals surface area contributed by atoms with E-state index in [2.05, 4.69) is 54.0 Å². The lowest BCUT2D eigenvalue weighted by atomic mass is 9.99. The molecule has 5 nitrogen and oxygen atoms in total. The van der Waals surface area contributed by atoms with Gasteiger partial charge in [-0.25, -0.2) is 0 Å². The van der Waals surface area contributed by atoms with Crippen LogP contribution >= 0.6 is 0 Å². The standard InChI is InChI=1S/C18H15N3O.C6H14.C3H6O/c1-21-7-4-13-2-3-14(10-17(13)21)15-8-12(11-22)9-16-18(15)20-6-5-19-16;1-3-5-6-4-2;1-3(2)4/h2-3,5-6,8-11H,4,7H2,1H3;3-6H2,1-2H3;1-2H3. The Balaban J connectivity index is 0.000000308. The molecule has 0 unspecified atom stereocenters. The Morgan fingerprint density at radius 1 is 1.03 bits per heavy atom. The van der Waals surface area contributed by atoms with Gasteiger partial charge in [0, 0.05) is 42.8 Å². The lowest BCUT2D eigenvalue weighted by Gasteiger charge is -2.14. The zero-order valence-electron chi connectivity index (χ0n) is 20.0. The van der Waals surface area contributed by atoms with Crippen LogP contribution in [0.4, 0.5) is 5.69 Å². The van der Waals surface area contributed by atoms with E-state index in [1.807, 2.05) is 6.07 Å². The normalized spacial score (nSPS) is 11.7. The summed E-state index contributed by atoms with van der Waals surface area (Å²) in [7, 11) is 2.11. The van der Waals surface area contributed by atoms with Gasteiger partial charge in [0.1, 0.15) is 12.1 Å². The van der Waals surface area contributed by atoms with Crippen molar-refractivity contribution in [3.63, 3.8) is 0 Å². The Bertz CT molecular complexity index is 1040. The van der Waals surface area contributed by atoms with Crippen LogP contribution in [0.2, 0.25) is 0 Å². The van der Waals surface area contributed by atoms with Crippen LogP contribution in [0.1, 0.15) is 69.3 Å². The molecule has 1 aromatic heterocycles. The molecule has 32 heavy (non-hydrogen) atoms. The lowest BCUT2D eigenvalue weighted by molar-refractivity contribution is -0.115. The Morgan fingerprint density at radius 3 is 2.31 bits per heavy atom. The van der Waals surface area contributed by atoms with Crippen molar-refractivity contribution in [2.24, 2.45) is 0 Å². The average Bonchev–Trinajstić information content (AvgIpc) is 3.17. The Labute approximate surface area is 191 Å². The van der Waals surface area contributed by atoms with Gasteiger partial charge in [-0.05, 0) is 49.6 Å². The summed E-state index contributed by atoms with van der Waals surface area (Å²) in [6.07, 6.45) is 10.8. The van der Waals surface area contributed by atoms with Gasteiger partial charge >= 0.3 is 0 Å². The Kier molecular flexibility index (Phi) is 9.99. The van der Waals surface area contributed by atoms with Crippen molar-refractivity contribution in [2.75, 3.05) is 18.5 Å². The molecule has 0 fully saturated rings. The number of aromatic nitrogens is 2. The summed E-state index contributed by atoms with van der Waals surface area (Å²) in [6.45, 7) is 8.57. The predicted molar refractivity (Wildman–Crippen MR) is 134 cm³/mol. The number of nitrogens with zero attached hydrogens (tertiary/aromatic N) is 3. The molecule has 1 aliphatic rings. The molecule has 0 bridgehead atoms. The maximum Gasteiger partial charge on any atom is 0.150 e. The molecule has 0 saturated carbocycles. The van der Waals surface area contributed by atoms with Gasteiger partial charge in [-0.15, -0.1) is 0 Å². The quantitative estimate of drug-likeness (QED) is 0.350. The van der Waals surface area contributed by atoms with Crippen LogP contribution in [0, 0.1) is 0 Å². The third kappa shape index (κ3) is 6.98. The molecule has 170 valence electrons. The minimum atomic E-state index is 0.167. The summed E-state index contributed by atoms with van der Waals surface area (Å²) < 4.78 is 0. The molecular formula is C27H35N3O2. The second-order valence-electron chi connectivity index (χ2n) is 8.24. The van der Waals surface area contributed by atoms with Crippen LogP contribution in [-0.4, -0.2) is 35.6 Å². The van der Waals surface area contributed by atoms with E-state index in [0.29, 0.717) is 5.56 Å². The van der Waals surface area contributed by atoms with Crippen molar-refractivity contribution in [3.05, 3.63) is 53.9 Å². The topological polar surface area (TPSA) is 63.2 Å². The monoisotopic (exact) mass is 433 g/mol. The largest absolute Gasteiger partial charge is 0.374 e. The van der Waals surface area contributed by atoms with Crippen LogP contribution in [0.5, 0.6) is 0 Å². The molecule has 0 atom stereocenters. The van der Waals surface area contributed by atoms with E-state index in [9.17, 15) is 9.59 Å². The van der Waals surface area contributed by atoms with Crippen LogP contribution in [-0.2, 0) is 11.2 Å². The molecule has 1 aliphatic heterocycles. The third-order valence-electron chi connectivity index (χ3n) is 5.21. The van der Waals surface area contributed by atoms with Gasteiger partial charge in [-0.1, -0.05) is 51.7 Å². The van der Waals surface area contributed by atoms with E-state index in [-0.39, 0.29) is 5.78 Å². The molecular weight excluding hydrogens is 398 g/mol. The van der Waals surface area contributed by atoms with Gasteiger partial charge in [-0.2, -0.15) is 0 Å². The van der Waals surface area contributed by atoms with Gasteiger partial charge < -0.3 is 9.69 Å². The molecule has 3 aromatic rings. The van der Waals surface area contributed by atoms with Gasteiger partial charge in [0.15, 0.2) is 0 Å². The molecule has 2 heterocycles. The SMILES string of the molecule is CC(C)=O.CCCCCC.CN1CCc2ccc(-c3cc(C=O)cc4nccnc34)cc21. The Hall–Kier alpha value is -3.08. The van der Waals surface area contributed by atoms with Crippen molar-refractivity contribution in [3.8, 4) is 11.1 Å². The molecule has 0 aliphatic carbocycles. The number of hydrogen-bond acceptors (Lipinski definition) is 5. The summed E-state index contributed by atoms with van der Waals surface area (Å²) in [5.74, 6) is 0.167. The zero-order chi connectivity index (χ0) is 23.5. The molecule has 0 amide bonds. The summed E-state index contributed by atoms with van der Waals surface area (Å²) in [5.41, 5.74) is 6.85. The van der Waals surface area contributed by atoms with Crippen LogP contribution < -0.4 is 4.90 Å². The van der Waals surface area contributed by atoms with Crippen molar-refractivity contribution < 1.29 is 9.59 Å². The number of carbonyl (C=O) groups is 2. The fraction of sp³-hybridized carbons (Fsp3) is 0.407. The van der Waals surface area contributed by atoms with Crippen molar-refractivity contribution in [1.82, 2.24) is 9.97 Å². The van der Waals surface area contributed by atoms with Crippen molar-refractivity contribution in [2.45, 2.75) is 59.8 Å². The van der Waals surface area contributed by atoms with Crippen molar-refractivity contribution >= 4 is 28.8 Å². The number of unbranched alkanes of at least 4 members (excludes halogenated alkanes) is 3. The molecule has 2 aromatic carbocycles. The van der Waals surface area contributed by atoms with Crippen LogP contribution in [0.3, 0.4) is 0 Å². The van der Waals surface area contributed by atoms with Gasteiger partial charge in [0.05, 0.1) is 11.0 Å². The first-order chi connectivity index (χ1) is 15.4. The fourth-order valence-corrected chi connectivity index (χ4v) is 3.59. The highest BCUT2D eigenvalue weighted by atomic mass is 16.1. The van der Waals surface area contributed by atoms with Crippen LogP contribution in [0.15, 0.2) is 42.7 Å². The fourth-order valence-electron chi connectivity index (χ4n) is 3.59. The smallest absolute Gasteiger partial charge is 0.150 e. The lowest BCUT2D eigenvalue weighted by Crippen LogP contribution is -2.12. The zero-order valence-corrected chi connectivity index (χ0v) is 20.0. The van der Waals surface area contributed by atoms with E-state index in [0.717, 1.165) is 41.4 Å². The van der Waals surface area contributed by atoms with E-state index >= 15 is 0 Å². The number of carbonyl (C=O) groups excluding carboxylic acids is 2. The molecule has 0 radical (unpaired) electrons. The number of Topliss-reactive ketones (excluding diaryl/α,β-unsaturated/α-hetero) is 1. The maximum atomic E-state index is 11.2. The molecule has 0 saturated heterocycles. The number of ketones is 1. The minimum Gasteiger partial charge on any atom is -0.374 e. The second kappa shape index (κ2) is 12.7. The highest BCUT2D eigenvalue weighted by molar-refractivity contribution is 5.96. The maximum absolute atomic E-state index is 11.2. The predicted octanol–water partition coefficient (Wildman–Crippen LogP) is 6.28. The molecule has 5 heteroatoms. The van der Waals surface area contributed by atoms with Gasteiger partial charge in [0.2, 0.25) is 0 Å². The number of rotatable bonds is 5. The molecule has 0 spiro atoms. The number of anilines is 1. The highest BCUT2D eigenvalue weighted by Crippen LogP contribution is 2.34. The van der Waals surface area contributed by atoms with E-state index in [1.54, 1.807) is 18.5 Å². The average molecular weight is 434 g/mol. The third-order valence-corrected chi connectivity index (χ3v) is 5.21. The van der Waals surface area contributed by atoms with Crippen LogP contribution in [0.25, 0.3) is 22.2 Å². The second-order valence-corrected chi connectivity index (χ2v) is 8.24.